The van der Waals surface area contributed by atoms with Gasteiger partial charge in [-0.2, -0.15) is 0 Å². The molecule has 0 saturated carbocycles. The van der Waals surface area contributed by atoms with Crippen LogP contribution in [0.5, 0.6) is 0 Å². The van der Waals surface area contributed by atoms with E-state index < -0.39 is 6.10 Å². The lowest BCUT2D eigenvalue weighted by atomic mass is 9.85. The smallest absolute Gasteiger partial charge is 0.0916 e. The molecule has 0 fully saturated rings. The normalized spacial score (nSPS) is 13.9. The number of hydrogen-bond acceptors (Lipinski definition) is 2. The van der Waals surface area contributed by atoms with E-state index in [1.807, 2.05) is 13.1 Å². The van der Waals surface area contributed by atoms with E-state index in [2.05, 4.69) is 45.1 Å². The molecule has 1 aromatic carbocycles. The Kier molecular flexibility index (Phi) is 4.11. The highest BCUT2D eigenvalue weighted by molar-refractivity contribution is 5.35. The standard InChI is InChI=1S/C14H23NO/c1-10-8-11(14(2,3)4)6-7-12(10)13(16)9-15-5/h6-8,13,15-16H,9H2,1-5H3. The number of aliphatic hydroxyl groups is 1. The Morgan fingerprint density at radius 3 is 2.38 bits per heavy atom. The number of benzene rings is 1. The predicted octanol–water partition coefficient (Wildman–Crippen LogP) is 2.55. The van der Waals surface area contributed by atoms with Crippen molar-refractivity contribution in [2.24, 2.45) is 0 Å². The van der Waals surface area contributed by atoms with Crippen LogP contribution in [0.2, 0.25) is 0 Å². The molecular formula is C14H23NO. The van der Waals surface area contributed by atoms with Crippen LogP contribution in [0.1, 0.15) is 43.6 Å². The molecule has 2 nitrogen and oxygen atoms in total. The van der Waals surface area contributed by atoms with Crippen LogP contribution < -0.4 is 5.32 Å². The van der Waals surface area contributed by atoms with Crippen molar-refractivity contribution in [2.45, 2.75) is 39.2 Å². The molecule has 0 heterocycles. The van der Waals surface area contributed by atoms with Gasteiger partial charge in [0.25, 0.3) is 0 Å². The van der Waals surface area contributed by atoms with Crippen molar-refractivity contribution in [3.63, 3.8) is 0 Å². The Balaban J connectivity index is 3.00. The summed E-state index contributed by atoms with van der Waals surface area (Å²) in [5, 5.41) is 12.9. The highest BCUT2D eigenvalue weighted by Crippen LogP contribution is 2.26. The first-order valence-corrected chi connectivity index (χ1v) is 5.80. The van der Waals surface area contributed by atoms with Gasteiger partial charge in [0.05, 0.1) is 6.10 Å². The van der Waals surface area contributed by atoms with Gasteiger partial charge in [0.2, 0.25) is 0 Å². The van der Waals surface area contributed by atoms with Gasteiger partial charge in [0, 0.05) is 6.54 Å². The van der Waals surface area contributed by atoms with Gasteiger partial charge in [-0.3, -0.25) is 0 Å². The summed E-state index contributed by atoms with van der Waals surface area (Å²) in [6.07, 6.45) is -0.418. The van der Waals surface area contributed by atoms with Crippen molar-refractivity contribution in [1.82, 2.24) is 5.32 Å². The second kappa shape index (κ2) is 4.98. The summed E-state index contributed by atoms with van der Waals surface area (Å²) in [4.78, 5) is 0. The number of hydrogen-bond donors (Lipinski definition) is 2. The van der Waals surface area contributed by atoms with Crippen LogP contribution in [0, 0.1) is 6.92 Å². The summed E-state index contributed by atoms with van der Waals surface area (Å²) >= 11 is 0. The Hall–Kier alpha value is -0.860. The molecule has 2 N–H and O–H groups in total. The molecule has 0 amide bonds. The van der Waals surface area contributed by atoms with Gasteiger partial charge < -0.3 is 10.4 Å². The molecular weight excluding hydrogens is 198 g/mol. The molecule has 90 valence electrons. The summed E-state index contributed by atoms with van der Waals surface area (Å²) in [6.45, 7) is 9.25. The van der Waals surface area contributed by atoms with Crippen molar-refractivity contribution in [2.75, 3.05) is 13.6 Å². The molecule has 0 spiro atoms. The molecule has 0 aliphatic heterocycles. The van der Waals surface area contributed by atoms with Crippen molar-refractivity contribution in [3.05, 3.63) is 34.9 Å². The molecule has 0 bridgehead atoms. The third kappa shape index (κ3) is 3.06. The first-order chi connectivity index (χ1) is 7.36. The molecule has 1 unspecified atom stereocenters. The van der Waals surface area contributed by atoms with E-state index in [0.717, 1.165) is 11.1 Å². The number of aryl methyl sites for hydroxylation is 1. The van der Waals surface area contributed by atoms with Gasteiger partial charge in [-0.15, -0.1) is 0 Å². The van der Waals surface area contributed by atoms with Gasteiger partial charge in [-0.1, -0.05) is 39.0 Å². The fourth-order valence-electron chi connectivity index (χ4n) is 1.82. The fourth-order valence-corrected chi connectivity index (χ4v) is 1.82. The van der Waals surface area contributed by atoms with Crippen LogP contribution in [-0.2, 0) is 5.41 Å². The second-order valence-electron chi connectivity index (χ2n) is 5.39. The number of aliphatic hydroxyl groups excluding tert-OH is 1. The van der Waals surface area contributed by atoms with Crippen LogP contribution in [0.15, 0.2) is 18.2 Å². The van der Waals surface area contributed by atoms with Crippen molar-refractivity contribution < 1.29 is 5.11 Å². The van der Waals surface area contributed by atoms with Gasteiger partial charge in [-0.25, -0.2) is 0 Å². The topological polar surface area (TPSA) is 32.3 Å². The maximum Gasteiger partial charge on any atom is 0.0916 e. The monoisotopic (exact) mass is 221 g/mol. The van der Waals surface area contributed by atoms with Gasteiger partial charge in [0.1, 0.15) is 0 Å². The van der Waals surface area contributed by atoms with E-state index in [4.69, 9.17) is 0 Å². The molecule has 16 heavy (non-hydrogen) atoms. The number of rotatable bonds is 3. The van der Waals surface area contributed by atoms with Crippen LogP contribution >= 0.6 is 0 Å². The summed E-state index contributed by atoms with van der Waals surface area (Å²) in [6, 6.07) is 6.33. The van der Waals surface area contributed by atoms with E-state index in [-0.39, 0.29) is 5.41 Å². The summed E-state index contributed by atoms with van der Waals surface area (Å²) < 4.78 is 0. The predicted molar refractivity (Wildman–Crippen MR) is 68.8 cm³/mol. The molecule has 1 atom stereocenters. The molecule has 0 aromatic heterocycles. The van der Waals surface area contributed by atoms with Crippen LogP contribution in [-0.4, -0.2) is 18.7 Å². The zero-order valence-electron chi connectivity index (χ0n) is 11.0. The zero-order chi connectivity index (χ0) is 12.3. The highest BCUT2D eigenvalue weighted by Gasteiger charge is 2.16. The molecule has 0 saturated heterocycles. The highest BCUT2D eigenvalue weighted by atomic mass is 16.3. The van der Waals surface area contributed by atoms with E-state index in [1.54, 1.807) is 0 Å². The third-order valence-electron chi connectivity index (χ3n) is 2.89. The minimum atomic E-state index is -0.418. The van der Waals surface area contributed by atoms with Crippen LogP contribution in [0.25, 0.3) is 0 Å². The van der Waals surface area contributed by atoms with Gasteiger partial charge in [0.15, 0.2) is 0 Å². The Labute approximate surface area is 98.7 Å². The fraction of sp³-hybridized carbons (Fsp3) is 0.571. The van der Waals surface area contributed by atoms with Crippen molar-refractivity contribution in [1.29, 1.82) is 0 Å². The van der Waals surface area contributed by atoms with E-state index in [0.29, 0.717) is 6.54 Å². The minimum Gasteiger partial charge on any atom is -0.387 e. The molecule has 0 aliphatic rings. The van der Waals surface area contributed by atoms with E-state index >= 15 is 0 Å². The first-order valence-electron chi connectivity index (χ1n) is 5.80. The van der Waals surface area contributed by atoms with Crippen LogP contribution in [0.4, 0.5) is 0 Å². The Morgan fingerprint density at radius 2 is 1.94 bits per heavy atom. The van der Waals surface area contributed by atoms with Crippen LogP contribution in [0.3, 0.4) is 0 Å². The quantitative estimate of drug-likeness (QED) is 0.822. The largest absolute Gasteiger partial charge is 0.387 e. The third-order valence-corrected chi connectivity index (χ3v) is 2.89. The van der Waals surface area contributed by atoms with Gasteiger partial charge in [-0.05, 0) is 36.1 Å². The maximum atomic E-state index is 9.93. The lowest BCUT2D eigenvalue weighted by molar-refractivity contribution is 0.177. The molecule has 1 aromatic rings. The SMILES string of the molecule is CNCC(O)c1ccc(C(C)(C)C)cc1C. The average molecular weight is 221 g/mol. The number of likely N-dealkylation sites (N-methyl/N-ethyl adjacent to an activating group) is 1. The second-order valence-corrected chi connectivity index (χ2v) is 5.39. The average Bonchev–Trinajstić information content (AvgIpc) is 2.16. The van der Waals surface area contributed by atoms with E-state index in [9.17, 15) is 5.11 Å². The van der Waals surface area contributed by atoms with Gasteiger partial charge >= 0.3 is 0 Å². The summed E-state index contributed by atoms with van der Waals surface area (Å²) in [7, 11) is 1.85. The lowest BCUT2D eigenvalue weighted by Gasteiger charge is -2.22. The Bertz CT molecular complexity index is 352. The minimum absolute atomic E-state index is 0.164. The summed E-state index contributed by atoms with van der Waals surface area (Å²) in [5.74, 6) is 0. The zero-order valence-corrected chi connectivity index (χ0v) is 11.0. The van der Waals surface area contributed by atoms with Crippen molar-refractivity contribution >= 4 is 0 Å². The number of nitrogens with one attached hydrogen (secondary N) is 1. The molecule has 0 aliphatic carbocycles. The maximum absolute atomic E-state index is 9.93. The summed E-state index contributed by atoms with van der Waals surface area (Å²) in [5.41, 5.74) is 3.65. The van der Waals surface area contributed by atoms with E-state index in [1.165, 1.54) is 5.56 Å². The molecule has 0 radical (unpaired) electrons. The molecule has 2 heteroatoms. The Morgan fingerprint density at radius 1 is 1.31 bits per heavy atom. The molecule has 1 rings (SSSR count). The lowest BCUT2D eigenvalue weighted by Crippen LogP contribution is -2.18. The first kappa shape index (κ1) is 13.2. The van der Waals surface area contributed by atoms with Crippen molar-refractivity contribution in [3.8, 4) is 0 Å².